The van der Waals surface area contributed by atoms with E-state index in [4.69, 9.17) is 5.26 Å². The molecule has 1 saturated heterocycles. The molecule has 0 spiro atoms. The van der Waals surface area contributed by atoms with Gasteiger partial charge in [0, 0.05) is 6.04 Å². The van der Waals surface area contributed by atoms with Gasteiger partial charge in [0.05, 0.1) is 11.6 Å². The zero-order chi connectivity index (χ0) is 9.10. The van der Waals surface area contributed by atoms with Gasteiger partial charge in [-0.05, 0) is 37.1 Å². The first-order valence-electron chi connectivity index (χ1n) is 4.63. The Kier molecular flexibility index (Phi) is 2.29. The van der Waals surface area contributed by atoms with E-state index < -0.39 is 0 Å². The Bertz CT molecular complexity index is 332. The first kappa shape index (κ1) is 8.28. The number of nitrogens with zero attached hydrogens (tertiary/aromatic N) is 1. The average Bonchev–Trinajstić information content (AvgIpc) is 2.71. The number of hydrogen-bond donors (Lipinski definition) is 1. The molecule has 1 unspecified atom stereocenters. The van der Waals surface area contributed by atoms with Crippen LogP contribution in [0.25, 0.3) is 0 Å². The molecule has 0 bridgehead atoms. The van der Waals surface area contributed by atoms with Crippen LogP contribution in [0.3, 0.4) is 0 Å². The maximum absolute atomic E-state index is 8.73. The van der Waals surface area contributed by atoms with Gasteiger partial charge in [0.2, 0.25) is 0 Å². The molecule has 1 aromatic carbocycles. The second kappa shape index (κ2) is 3.59. The van der Waals surface area contributed by atoms with Crippen LogP contribution in [0.15, 0.2) is 24.3 Å². The molecule has 66 valence electrons. The lowest BCUT2D eigenvalue weighted by Gasteiger charge is -2.09. The minimum atomic E-state index is 0.466. The third-order valence-electron chi connectivity index (χ3n) is 2.48. The molecule has 2 nitrogen and oxygen atoms in total. The Labute approximate surface area is 78.2 Å². The zero-order valence-electron chi connectivity index (χ0n) is 7.46. The fourth-order valence-electron chi connectivity index (χ4n) is 1.79. The predicted octanol–water partition coefficient (Wildman–Crippen LogP) is 1.98. The van der Waals surface area contributed by atoms with Crippen LogP contribution in [0.4, 0.5) is 0 Å². The minimum Gasteiger partial charge on any atom is -0.310 e. The third kappa shape index (κ3) is 1.71. The predicted molar refractivity (Wildman–Crippen MR) is 51.1 cm³/mol. The summed E-state index contributed by atoms with van der Waals surface area (Å²) in [7, 11) is 0. The van der Waals surface area contributed by atoms with Gasteiger partial charge in [-0.1, -0.05) is 12.1 Å². The van der Waals surface area contributed by atoms with Crippen LogP contribution in [0.5, 0.6) is 0 Å². The second-order valence-electron chi connectivity index (χ2n) is 3.39. The molecule has 1 aliphatic heterocycles. The fourth-order valence-corrected chi connectivity index (χ4v) is 1.79. The van der Waals surface area contributed by atoms with Gasteiger partial charge >= 0.3 is 0 Å². The molecular weight excluding hydrogens is 160 g/mol. The second-order valence-corrected chi connectivity index (χ2v) is 3.39. The summed E-state index contributed by atoms with van der Waals surface area (Å²) in [5.74, 6) is 0. The van der Waals surface area contributed by atoms with Crippen molar-refractivity contribution < 1.29 is 0 Å². The largest absolute Gasteiger partial charge is 0.310 e. The van der Waals surface area contributed by atoms with Crippen LogP contribution in [0.2, 0.25) is 0 Å². The summed E-state index contributed by atoms with van der Waals surface area (Å²) in [6, 6.07) is 10.5. The Balaban J connectivity index is 2.25. The van der Waals surface area contributed by atoms with Crippen molar-refractivity contribution in [2.75, 3.05) is 6.54 Å². The van der Waals surface area contributed by atoms with E-state index in [2.05, 4.69) is 17.5 Å². The summed E-state index contributed by atoms with van der Waals surface area (Å²) in [6.45, 7) is 1.10. The van der Waals surface area contributed by atoms with Crippen LogP contribution < -0.4 is 5.32 Å². The maximum atomic E-state index is 8.73. The molecule has 0 saturated carbocycles. The molecule has 0 radical (unpaired) electrons. The number of nitrogens with one attached hydrogen (secondary N) is 1. The quantitative estimate of drug-likeness (QED) is 0.703. The van der Waals surface area contributed by atoms with Crippen LogP contribution in [-0.2, 0) is 0 Å². The summed E-state index contributed by atoms with van der Waals surface area (Å²) in [4.78, 5) is 0. The molecular formula is C11H12N2. The topological polar surface area (TPSA) is 35.8 Å². The van der Waals surface area contributed by atoms with Crippen molar-refractivity contribution in [1.29, 1.82) is 5.26 Å². The van der Waals surface area contributed by atoms with E-state index in [1.54, 1.807) is 0 Å². The number of benzene rings is 1. The smallest absolute Gasteiger partial charge is 0.0991 e. The van der Waals surface area contributed by atoms with Crippen molar-refractivity contribution in [2.45, 2.75) is 18.9 Å². The monoisotopic (exact) mass is 172 g/mol. The van der Waals surface area contributed by atoms with E-state index in [0.29, 0.717) is 6.04 Å². The van der Waals surface area contributed by atoms with E-state index in [1.807, 2.05) is 18.2 Å². The van der Waals surface area contributed by atoms with Crippen molar-refractivity contribution in [3.05, 3.63) is 35.4 Å². The van der Waals surface area contributed by atoms with Gasteiger partial charge in [-0.25, -0.2) is 0 Å². The average molecular weight is 172 g/mol. The van der Waals surface area contributed by atoms with Crippen LogP contribution >= 0.6 is 0 Å². The Hall–Kier alpha value is -1.33. The lowest BCUT2D eigenvalue weighted by Crippen LogP contribution is -2.12. The fraction of sp³-hybridized carbons (Fsp3) is 0.364. The Morgan fingerprint density at radius 2 is 2.38 bits per heavy atom. The summed E-state index contributed by atoms with van der Waals surface area (Å²) in [5, 5.41) is 12.1. The van der Waals surface area contributed by atoms with Crippen LogP contribution in [0, 0.1) is 11.3 Å². The molecule has 1 N–H and O–H groups in total. The van der Waals surface area contributed by atoms with Crippen molar-refractivity contribution >= 4 is 0 Å². The van der Waals surface area contributed by atoms with Gasteiger partial charge in [-0.3, -0.25) is 0 Å². The Morgan fingerprint density at radius 1 is 1.46 bits per heavy atom. The highest BCUT2D eigenvalue weighted by Crippen LogP contribution is 2.23. The van der Waals surface area contributed by atoms with E-state index in [0.717, 1.165) is 12.1 Å². The molecule has 1 aromatic rings. The molecule has 1 aliphatic rings. The molecule has 1 fully saturated rings. The number of hydrogen-bond acceptors (Lipinski definition) is 2. The third-order valence-corrected chi connectivity index (χ3v) is 2.48. The van der Waals surface area contributed by atoms with Gasteiger partial charge in [0.25, 0.3) is 0 Å². The first-order valence-corrected chi connectivity index (χ1v) is 4.63. The molecule has 1 atom stereocenters. The van der Waals surface area contributed by atoms with Crippen LogP contribution in [0.1, 0.15) is 30.0 Å². The van der Waals surface area contributed by atoms with E-state index in [9.17, 15) is 0 Å². The number of rotatable bonds is 1. The molecule has 13 heavy (non-hydrogen) atoms. The Morgan fingerprint density at radius 3 is 3.08 bits per heavy atom. The molecule has 1 heterocycles. The molecule has 0 aromatic heterocycles. The number of nitriles is 1. The highest BCUT2D eigenvalue weighted by molar-refractivity contribution is 5.34. The van der Waals surface area contributed by atoms with Gasteiger partial charge in [-0.2, -0.15) is 5.26 Å². The molecule has 0 amide bonds. The van der Waals surface area contributed by atoms with Crippen molar-refractivity contribution in [3.63, 3.8) is 0 Å². The van der Waals surface area contributed by atoms with Gasteiger partial charge < -0.3 is 5.32 Å². The van der Waals surface area contributed by atoms with Gasteiger partial charge in [0.1, 0.15) is 0 Å². The molecule has 0 aliphatic carbocycles. The first-order chi connectivity index (χ1) is 6.40. The summed E-state index contributed by atoms with van der Waals surface area (Å²) < 4.78 is 0. The van der Waals surface area contributed by atoms with Crippen molar-refractivity contribution in [2.24, 2.45) is 0 Å². The van der Waals surface area contributed by atoms with E-state index >= 15 is 0 Å². The zero-order valence-corrected chi connectivity index (χ0v) is 7.46. The lowest BCUT2D eigenvalue weighted by molar-refractivity contribution is 0.647. The molecule has 2 rings (SSSR count). The van der Waals surface area contributed by atoms with Gasteiger partial charge in [-0.15, -0.1) is 0 Å². The van der Waals surface area contributed by atoms with Crippen LogP contribution in [-0.4, -0.2) is 6.54 Å². The van der Waals surface area contributed by atoms with Crippen molar-refractivity contribution in [1.82, 2.24) is 5.32 Å². The lowest BCUT2D eigenvalue weighted by atomic mass is 10.0. The highest BCUT2D eigenvalue weighted by Gasteiger charge is 2.15. The molecule has 2 heteroatoms. The summed E-state index contributed by atoms with van der Waals surface area (Å²) in [5.41, 5.74) is 2.00. The summed E-state index contributed by atoms with van der Waals surface area (Å²) in [6.07, 6.45) is 2.43. The maximum Gasteiger partial charge on any atom is 0.0991 e. The SMILES string of the molecule is N#Cc1cccc(C2CCCN2)c1. The standard InChI is InChI=1S/C11H12N2/c12-8-9-3-1-4-10(7-9)11-5-2-6-13-11/h1,3-4,7,11,13H,2,5-6H2. The summed E-state index contributed by atoms with van der Waals surface area (Å²) >= 11 is 0. The van der Waals surface area contributed by atoms with Gasteiger partial charge in [0.15, 0.2) is 0 Å². The normalized spacial score (nSPS) is 21.3. The van der Waals surface area contributed by atoms with E-state index in [1.165, 1.54) is 18.4 Å². The minimum absolute atomic E-state index is 0.466. The van der Waals surface area contributed by atoms with E-state index in [-0.39, 0.29) is 0 Å². The highest BCUT2D eigenvalue weighted by atomic mass is 14.9. The van der Waals surface area contributed by atoms with Crippen molar-refractivity contribution in [3.8, 4) is 6.07 Å².